The lowest BCUT2D eigenvalue weighted by atomic mass is 9.92. The van der Waals surface area contributed by atoms with Crippen molar-refractivity contribution in [1.29, 1.82) is 0 Å². The molecule has 2 heterocycles. The molecule has 128 valence electrons. The van der Waals surface area contributed by atoms with Crippen molar-refractivity contribution in [3.05, 3.63) is 47.5 Å². The number of hydrogen-bond acceptors (Lipinski definition) is 3. The van der Waals surface area contributed by atoms with Crippen LogP contribution in [0.2, 0.25) is 0 Å². The molecule has 0 bridgehead atoms. The van der Waals surface area contributed by atoms with Gasteiger partial charge in [-0.3, -0.25) is 4.79 Å². The van der Waals surface area contributed by atoms with Crippen LogP contribution in [0.1, 0.15) is 43.1 Å². The van der Waals surface area contributed by atoms with Gasteiger partial charge in [-0.2, -0.15) is 0 Å². The highest BCUT2D eigenvalue weighted by atomic mass is 16.5. The number of aromatic amines is 1. The molecule has 1 amide bonds. The van der Waals surface area contributed by atoms with Gasteiger partial charge in [0.2, 0.25) is 5.91 Å². The number of imidazole rings is 1. The molecule has 3 atom stereocenters. The zero-order chi connectivity index (χ0) is 17.1. The van der Waals surface area contributed by atoms with Crippen LogP contribution in [0.3, 0.4) is 0 Å². The van der Waals surface area contributed by atoms with Gasteiger partial charge in [-0.1, -0.05) is 26.0 Å². The maximum Gasteiger partial charge on any atom is 0.227 e. The Labute approximate surface area is 142 Å². The molecule has 2 N–H and O–H groups in total. The van der Waals surface area contributed by atoms with E-state index in [1.54, 1.807) is 6.33 Å². The van der Waals surface area contributed by atoms with E-state index in [-0.39, 0.29) is 17.7 Å². The first kappa shape index (κ1) is 16.7. The molecule has 0 unspecified atom stereocenters. The summed E-state index contributed by atoms with van der Waals surface area (Å²) in [5.74, 6) is 0.605. The fourth-order valence-electron chi connectivity index (χ4n) is 3.25. The maximum absolute atomic E-state index is 12.4. The Balaban J connectivity index is 1.64. The van der Waals surface area contributed by atoms with Crippen molar-refractivity contribution < 1.29 is 9.53 Å². The lowest BCUT2D eigenvalue weighted by Gasteiger charge is -2.17. The SMILES string of the molecule is Cc1nc[nH]c1[C@@H](C)c1ccc(NC(=O)[C@@H](C)[C@@H]2CCOC2)cc1. The molecule has 0 spiro atoms. The Morgan fingerprint density at radius 1 is 1.33 bits per heavy atom. The third-order valence-electron chi connectivity index (χ3n) is 5.06. The number of ether oxygens (including phenoxy) is 1. The monoisotopic (exact) mass is 327 g/mol. The summed E-state index contributed by atoms with van der Waals surface area (Å²) in [6.45, 7) is 7.59. The van der Waals surface area contributed by atoms with E-state index in [9.17, 15) is 4.79 Å². The molecule has 0 radical (unpaired) electrons. The lowest BCUT2D eigenvalue weighted by Crippen LogP contribution is -2.27. The number of carbonyl (C=O) groups is 1. The number of H-pyrrole nitrogens is 1. The van der Waals surface area contributed by atoms with Crippen molar-refractivity contribution in [2.45, 2.75) is 33.1 Å². The Morgan fingerprint density at radius 3 is 2.67 bits per heavy atom. The van der Waals surface area contributed by atoms with Crippen LogP contribution >= 0.6 is 0 Å². The van der Waals surface area contributed by atoms with Crippen LogP contribution in [0.5, 0.6) is 0 Å². The van der Waals surface area contributed by atoms with E-state index in [1.807, 2.05) is 26.0 Å². The van der Waals surface area contributed by atoms with Gasteiger partial charge in [0.25, 0.3) is 0 Å². The third kappa shape index (κ3) is 3.51. The van der Waals surface area contributed by atoms with Gasteiger partial charge in [-0.15, -0.1) is 0 Å². The number of carbonyl (C=O) groups excluding carboxylic acids is 1. The van der Waals surface area contributed by atoms with Crippen LogP contribution in [-0.4, -0.2) is 29.1 Å². The third-order valence-corrected chi connectivity index (χ3v) is 5.06. The molecule has 1 aromatic heterocycles. The summed E-state index contributed by atoms with van der Waals surface area (Å²) in [6.07, 6.45) is 2.69. The van der Waals surface area contributed by atoms with Crippen molar-refractivity contribution in [2.75, 3.05) is 18.5 Å². The molecule has 1 aliphatic rings. The fraction of sp³-hybridized carbons (Fsp3) is 0.474. The second kappa shape index (κ2) is 7.18. The number of benzene rings is 1. The highest BCUT2D eigenvalue weighted by Gasteiger charge is 2.27. The second-order valence-electron chi connectivity index (χ2n) is 6.65. The number of amides is 1. The number of hydrogen-bond donors (Lipinski definition) is 2. The molecular formula is C19H25N3O2. The summed E-state index contributed by atoms with van der Waals surface area (Å²) in [5, 5.41) is 3.02. The minimum absolute atomic E-state index is 0.0289. The van der Waals surface area contributed by atoms with Gasteiger partial charge in [0, 0.05) is 29.8 Å². The van der Waals surface area contributed by atoms with Crippen LogP contribution in [0.4, 0.5) is 5.69 Å². The summed E-state index contributed by atoms with van der Waals surface area (Å²) in [4.78, 5) is 19.8. The van der Waals surface area contributed by atoms with Gasteiger partial charge in [-0.25, -0.2) is 4.98 Å². The van der Waals surface area contributed by atoms with E-state index in [0.29, 0.717) is 12.5 Å². The van der Waals surface area contributed by atoms with Gasteiger partial charge >= 0.3 is 0 Å². The molecule has 0 aliphatic carbocycles. The zero-order valence-corrected chi connectivity index (χ0v) is 14.5. The summed E-state index contributed by atoms with van der Waals surface area (Å²) in [7, 11) is 0. The molecule has 2 aromatic rings. The van der Waals surface area contributed by atoms with Gasteiger partial charge in [0.05, 0.1) is 18.6 Å². The standard InChI is InChI=1S/C19H25N3O2/c1-12(18-14(3)20-11-21-18)15-4-6-17(7-5-15)22-19(23)13(2)16-8-9-24-10-16/h4-7,11-13,16H,8-10H2,1-3H3,(H,20,21)(H,22,23)/t12-,13-,16+/m0/s1. The van der Waals surface area contributed by atoms with E-state index in [2.05, 4.69) is 34.3 Å². The highest BCUT2D eigenvalue weighted by molar-refractivity contribution is 5.92. The Hall–Kier alpha value is -2.14. The first-order valence-corrected chi connectivity index (χ1v) is 8.54. The van der Waals surface area contributed by atoms with E-state index < -0.39 is 0 Å². The molecule has 1 fully saturated rings. The molecule has 24 heavy (non-hydrogen) atoms. The molecule has 1 aromatic carbocycles. The predicted molar refractivity (Wildman–Crippen MR) is 94.0 cm³/mol. The summed E-state index contributed by atoms with van der Waals surface area (Å²) >= 11 is 0. The van der Waals surface area contributed by atoms with Crippen molar-refractivity contribution in [2.24, 2.45) is 11.8 Å². The highest BCUT2D eigenvalue weighted by Crippen LogP contribution is 2.26. The van der Waals surface area contributed by atoms with Gasteiger partial charge in [-0.05, 0) is 37.0 Å². The number of aryl methyl sites for hydroxylation is 1. The molecule has 1 saturated heterocycles. The number of anilines is 1. The molecular weight excluding hydrogens is 302 g/mol. The number of rotatable bonds is 5. The van der Waals surface area contributed by atoms with Crippen LogP contribution in [0.25, 0.3) is 0 Å². The Morgan fingerprint density at radius 2 is 2.08 bits per heavy atom. The van der Waals surface area contributed by atoms with Crippen molar-refractivity contribution in [1.82, 2.24) is 9.97 Å². The van der Waals surface area contributed by atoms with E-state index >= 15 is 0 Å². The smallest absolute Gasteiger partial charge is 0.227 e. The van der Waals surface area contributed by atoms with Crippen molar-refractivity contribution in [3.8, 4) is 0 Å². The van der Waals surface area contributed by atoms with Crippen molar-refractivity contribution in [3.63, 3.8) is 0 Å². The van der Waals surface area contributed by atoms with Crippen LogP contribution in [-0.2, 0) is 9.53 Å². The average molecular weight is 327 g/mol. The predicted octanol–water partition coefficient (Wildman–Crippen LogP) is 3.48. The summed E-state index contributed by atoms with van der Waals surface area (Å²) in [5.41, 5.74) is 4.18. The van der Waals surface area contributed by atoms with E-state index in [0.717, 1.165) is 30.1 Å². The average Bonchev–Trinajstić information content (AvgIpc) is 3.25. The quantitative estimate of drug-likeness (QED) is 0.883. The summed E-state index contributed by atoms with van der Waals surface area (Å²) in [6, 6.07) is 8.05. The number of aromatic nitrogens is 2. The van der Waals surface area contributed by atoms with Crippen LogP contribution < -0.4 is 5.32 Å². The molecule has 3 rings (SSSR count). The van der Waals surface area contributed by atoms with Crippen LogP contribution in [0.15, 0.2) is 30.6 Å². The Kier molecular flexibility index (Phi) is 5.00. The number of nitrogens with one attached hydrogen (secondary N) is 2. The van der Waals surface area contributed by atoms with Gasteiger partial charge < -0.3 is 15.0 Å². The molecule has 0 saturated carbocycles. The maximum atomic E-state index is 12.4. The first-order valence-electron chi connectivity index (χ1n) is 8.54. The molecule has 5 heteroatoms. The largest absolute Gasteiger partial charge is 0.381 e. The summed E-state index contributed by atoms with van der Waals surface area (Å²) < 4.78 is 5.38. The first-order chi connectivity index (χ1) is 11.6. The van der Waals surface area contributed by atoms with Crippen LogP contribution in [0, 0.1) is 18.8 Å². The Bertz CT molecular complexity index is 687. The molecule has 1 aliphatic heterocycles. The second-order valence-corrected chi connectivity index (χ2v) is 6.65. The van der Waals surface area contributed by atoms with Crippen molar-refractivity contribution >= 4 is 11.6 Å². The topological polar surface area (TPSA) is 67.0 Å². The van der Waals surface area contributed by atoms with E-state index in [1.165, 1.54) is 5.56 Å². The minimum Gasteiger partial charge on any atom is -0.381 e. The lowest BCUT2D eigenvalue weighted by molar-refractivity contribution is -0.120. The zero-order valence-electron chi connectivity index (χ0n) is 14.5. The van der Waals surface area contributed by atoms with Gasteiger partial charge in [0.15, 0.2) is 0 Å². The number of nitrogens with zero attached hydrogens (tertiary/aromatic N) is 1. The van der Waals surface area contributed by atoms with Gasteiger partial charge in [0.1, 0.15) is 0 Å². The fourth-order valence-corrected chi connectivity index (χ4v) is 3.25. The van der Waals surface area contributed by atoms with E-state index in [4.69, 9.17) is 4.74 Å². The molecule has 5 nitrogen and oxygen atoms in total. The minimum atomic E-state index is -0.0289. The normalized spacial score (nSPS) is 19.9.